The lowest BCUT2D eigenvalue weighted by molar-refractivity contribution is 0.287. The van der Waals surface area contributed by atoms with Crippen molar-refractivity contribution in [3.63, 3.8) is 0 Å². The zero-order valence-electron chi connectivity index (χ0n) is 25.8. The Morgan fingerprint density at radius 2 is 0.750 bits per heavy atom. The van der Waals surface area contributed by atoms with Crippen LogP contribution in [0.3, 0.4) is 0 Å². The van der Waals surface area contributed by atoms with Crippen molar-refractivity contribution in [1.82, 2.24) is 0 Å². The van der Waals surface area contributed by atoms with Crippen LogP contribution in [0.15, 0.2) is 46.6 Å². The molecule has 0 aromatic carbocycles. The molecule has 2 fully saturated rings. The summed E-state index contributed by atoms with van der Waals surface area (Å²) in [4.78, 5) is 0. The van der Waals surface area contributed by atoms with Gasteiger partial charge in [-0.15, -0.1) is 0 Å². The molecule has 0 nitrogen and oxygen atoms in total. The third-order valence-corrected chi connectivity index (χ3v) is 12.8. The standard InChI is InChI=1S/2C12H20.C12H18/c3*1-7-5-11-6-8(2)10(4)12(11)9(7)3/h2*5,8-12H,6H2,1-4H3;5-6,9-12H,1-4H3. The number of fused-ring (bicyclic) bond motifs is 3. The highest BCUT2D eigenvalue weighted by atomic mass is 14.5. The van der Waals surface area contributed by atoms with Gasteiger partial charge in [0.05, 0.1) is 0 Å². The fourth-order valence-corrected chi connectivity index (χ4v) is 9.63. The molecule has 12 atom stereocenters. The zero-order valence-corrected chi connectivity index (χ0v) is 25.8. The van der Waals surface area contributed by atoms with Crippen LogP contribution in [-0.2, 0) is 0 Å². The topological polar surface area (TPSA) is 0 Å². The molecule has 2 saturated carbocycles. The van der Waals surface area contributed by atoms with Crippen LogP contribution < -0.4 is 0 Å². The summed E-state index contributed by atoms with van der Waals surface area (Å²) in [6.07, 6.45) is 12.9. The van der Waals surface area contributed by atoms with Crippen molar-refractivity contribution in [1.29, 1.82) is 0 Å². The number of hydrogen-bond acceptors (Lipinski definition) is 0. The molecule has 0 heterocycles. The Kier molecular flexibility index (Phi) is 8.25. The predicted octanol–water partition coefficient (Wildman–Crippen LogP) is 10.4. The maximum Gasteiger partial charge on any atom is -0.000860 e. The molecule has 0 N–H and O–H groups in total. The van der Waals surface area contributed by atoms with Gasteiger partial charge >= 0.3 is 0 Å². The Morgan fingerprint density at radius 1 is 0.444 bits per heavy atom. The lowest BCUT2D eigenvalue weighted by Crippen LogP contribution is -2.17. The molecule has 12 unspecified atom stereocenters. The van der Waals surface area contributed by atoms with Crippen molar-refractivity contribution in [2.24, 2.45) is 82.9 Å². The van der Waals surface area contributed by atoms with Crippen molar-refractivity contribution in [2.45, 2.75) is 95.9 Å². The van der Waals surface area contributed by atoms with Crippen LogP contribution in [0.25, 0.3) is 0 Å². The highest BCUT2D eigenvalue weighted by molar-refractivity contribution is 5.29. The molecule has 6 aliphatic rings. The van der Waals surface area contributed by atoms with Crippen LogP contribution in [-0.4, -0.2) is 0 Å². The normalized spacial score (nSPS) is 50.1. The average Bonchev–Trinajstić information content (AvgIpc) is 3.57. The molecule has 0 aromatic rings. The first-order valence-corrected chi connectivity index (χ1v) is 15.6. The van der Waals surface area contributed by atoms with Crippen LogP contribution in [0.5, 0.6) is 0 Å². The van der Waals surface area contributed by atoms with E-state index in [1.165, 1.54) is 12.8 Å². The van der Waals surface area contributed by atoms with E-state index in [2.05, 4.69) is 107 Å². The summed E-state index contributed by atoms with van der Waals surface area (Å²) in [5.74, 6) is 12.5. The lowest BCUT2D eigenvalue weighted by Gasteiger charge is -2.22. The Morgan fingerprint density at radius 3 is 1.06 bits per heavy atom. The summed E-state index contributed by atoms with van der Waals surface area (Å²) in [5.41, 5.74) is 6.48. The third-order valence-electron chi connectivity index (χ3n) is 12.8. The van der Waals surface area contributed by atoms with E-state index in [0.717, 1.165) is 82.9 Å². The predicted molar refractivity (Wildman–Crippen MR) is 159 cm³/mol. The highest BCUT2D eigenvalue weighted by Crippen LogP contribution is 2.53. The zero-order chi connectivity index (χ0) is 26.6. The maximum atomic E-state index is 2.54. The van der Waals surface area contributed by atoms with Crippen LogP contribution in [0.4, 0.5) is 0 Å². The minimum Gasteiger partial charge on any atom is -0.0819 e. The van der Waals surface area contributed by atoms with Crippen LogP contribution in [0.1, 0.15) is 95.9 Å². The number of allylic oxidation sites excluding steroid dienone is 8. The second-order valence-corrected chi connectivity index (χ2v) is 14.6. The molecule has 0 aliphatic heterocycles. The van der Waals surface area contributed by atoms with E-state index in [-0.39, 0.29) is 0 Å². The molecule has 6 aliphatic carbocycles. The number of hydrogen-bond donors (Lipinski definition) is 0. The Hall–Kier alpha value is -1.04. The summed E-state index contributed by atoms with van der Waals surface area (Å²) in [6.45, 7) is 28.4. The first-order chi connectivity index (χ1) is 16.8. The highest BCUT2D eigenvalue weighted by Gasteiger charge is 2.45. The van der Waals surface area contributed by atoms with Gasteiger partial charge in [0, 0.05) is 0 Å². The fourth-order valence-electron chi connectivity index (χ4n) is 9.63. The average molecular weight is 491 g/mol. The molecule has 0 bridgehead atoms. The molecule has 0 saturated heterocycles. The molecule has 0 spiro atoms. The Bertz CT molecular complexity index is 848. The largest absolute Gasteiger partial charge is 0.0819 e. The second-order valence-electron chi connectivity index (χ2n) is 14.6. The van der Waals surface area contributed by atoms with Crippen LogP contribution >= 0.6 is 0 Å². The van der Waals surface area contributed by atoms with Crippen molar-refractivity contribution in [3.05, 3.63) is 46.6 Å². The van der Waals surface area contributed by atoms with Crippen molar-refractivity contribution < 1.29 is 0 Å². The summed E-state index contributed by atoms with van der Waals surface area (Å²) < 4.78 is 0. The van der Waals surface area contributed by atoms with Gasteiger partial charge in [0.1, 0.15) is 0 Å². The van der Waals surface area contributed by atoms with E-state index in [4.69, 9.17) is 0 Å². The van der Waals surface area contributed by atoms with Crippen molar-refractivity contribution in [3.8, 4) is 0 Å². The first kappa shape index (κ1) is 28.0. The van der Waals surface area contributed by atoms with Gasteiger partial charge in [-0.05, 0) is 123 Å². The van der Waals surface area contributed by atoms with Gasteiger partial charge in [-0.1, -0.05) is 102 Å². The molecule has 0 heteroatoms. The molecule has 0 radical (unpaired) electrons. The van der Waals surface area contributed by atoms with Crippen molar-refractivity contribution >= 4 is 0 Å². The summed E-state index contributed by atoms with van der Waals surface area (Å²) in [7, 11) is 0. The molecule has 202 valence electrons. The Balaban J connectivity index is 0.000000127. The van der Waals surface area contributed by atoms with E-state index in [9.17, 15) is 0 Å². The first-order valence-electron chi connectivity index (χ1n) is 15.6. The van der Waals surface area contributed by atoms with Gasteiger partial charge in [0.2, 0.25) is 0 Å². The van der Waals surface area contributed by atoms with Gasteiger partial charge in [0.15, 0.2) is 0 Å². The van der Waals surface area contributed by atoms with Gasteiger partial charge in [-0.25, -0.2) is 0 Å². The van der Waals surface area contributed by atoms with Crippen LogP contribution in [0, 0.1) is 82.9 Å². The van der Waals surface area contributed by atoms with Gasteiger partial charge in [-0.2, -0.15) is 0 Å². The fraction of sp³-hybridized carbons (Fsp3) is 0.778. The van der Waals surface area contributed by atoms with Gasteiger partial charge in [0.25, 0.3) is 0 Å². The SMILES string of the molecule is CC1=CC2C=C(C)C(C)C2C1C.CC1=CC2CC(C)C(C)C2C1C.CC1=CC2CC(C)C(C)C2C1C. The van der Waals surface area contributed by atoms with E-state index in [0.29, 0.717) is 0 Å². The molecule has 6 rings (SSSR count). The minimum absolute atomic E-state index is 0.759. The molecular formula is C36H58. The minimum atomic E-state index is 0.759. The smallest absolute Gasteiger partial charge is 0.000860 e. The molecule has 36 heavy (non-hydrogen) atoms. The second kappa shape index (κ2) is 10.6. The Labute approximate surface area is 225 Å². The quantitative estimate of drug-likeness (QED) is 0.296. The van der Waals surface area contributed by atoms with E-state index < -0.39 is 0 Å². The monoisotopic (exact) mass is 490 g/mol. The van der Waals surface area contributed by atoms with E-state index in [1.807, 2.05) is 0 Å². The molecule has 0 aromatic heterocycles. The van der Waals surface area contributed by atoms with Crippen LogP contribution in [0.2, 0.25) is 0 Å². The lowest BCUT2D eigenvalue weighted by atomic mass is 9.82. The third kappa shape index (κ3) is 4.89. The van der Waals surface area contributed by atoms with Gasteiger partial charge < -0.3 is 0 Å². The van der Waals surface area contributed by atoms with E-state index in [1.54, 1.807) is 22.3 Å². The van der Waals surface area contributed by atoms with Gasteiger partial charge in [-0.3, -0.25) is 0 Å². The number of rotatable bonds is 0. The summed E-state index contributed by atoms with van der Waals surface area (Å²) in [6, 6.07) is 0. The maximum absolute atomic E-state index is 2.54. The summed E-state index contributed by atoms with van der Waals surface area (Å²) in [5, 5.41) is 0. The summed E-state index contributed by atoms with van der Waals surface area (Å²) >= 11 is 0. The van der Waals surface area contributed by atoms with E-state index >= 15 is 0 Å². The van der Waals surface area contributed by atoms with Crippen molar-refractivity contribution in [2.75, 3.05) is 0 Å². The molecule has 0 amide bonds. The molecular weight excluding hydrogens is 432 g/mol.